The Morgan fingerprint density at radius 2 is 2.33 bits per heavy atom. The summed E-state index contributed by atoms with van der Waals surface area (Å²) in [5, 5.41) is 12.1. The van der Waals surface area contributed by atoms with Crippen LogP contribution in [0.15, 0.2) is 24.0 Å². The van der Waals surface area contributed by atoms with Gasteiger partial charge in [-0.05, 0) is 6.42 Å². The van der Waals surface area contributed by atoms with E-state index >= 15 is 0 Å². The molecule has 1 amide bonds. The minimum atomic E-state index is -0.563. The number of nitrogens with zero attached hydrogens (tertiary/aromatic N) is 4. The molecule has 2 aromatic heterocycles. The average molecular weight is 305 g/mol. The van der Waals surface area contributed by atoms with Crippen molar-refractivity contribution < 1.29 is 9.90 Å². The van der Waals surface area contributed by atoms with E-state index in [0.717, 1.165) is 5.69 Å². The minimum Gasteiger partial charge on any atom is -0.391 e. The SMILES string of the molecule is Nc1nc(C(=O)N2C[C@@H](Cc3cnccn3)[C@H](O)C2)cs1. The van der Waals surface area contributed by atoms with Gasteiger partial charge in [0, 0.05) is 43.0 Å². The second-order valence-electron chi connectivity index (χ2n) is 5.01. The molecule has 3 heterocycles. The number of carbonyl (C=O) groups is 1. The Hall–Kier alpha value is -2.06. The summed E-state index contributed by atoms with van der Waals surface area (Å²) in [7, 11) is 0. The molecule has 7 nitrogen and oxygen atoms in total. The zero-order chi connectivity index (χ0) is 14.8. The Labute approximate surface area is 125 Å². The van der Waals surface area contributed by atoms with Crippen molar-refractivity contribution in [1.82, 2.24) is 19.9 Å². The molecule has 0 spiro atoms. The second kappa shape index (κ2) is 5.74. The molecule has 1 aliphatic rings. The number of nitrogen functional groups attached to an aromatic ring is 1. The first kappa shape index (κ1) is 13.9. The third-order valence-corrected chi connectivity index (χ3v) is 4.20. The molecule has 8 heteroatoms. The van der Waals surface area contributed by atoms with Crippen molar-refractivity contribution in [3.05, 3.63) is 35.4 Å². The summed E-state index contributed by atoms with van der Waals surface area (Å²) in [6, 6.07) is 0. The van der Waals surface area contributed by atoms with E-state index in [1.54, 1.807) is 28.9 Å². The molecular formula is C13H15N5O2S. The highest BCUT2D eigenvalue weighted by Gasteiger charge is 2.35. The van der Waals surface area contributed by atoms with Crippen LogP contribution >= 0.6 is 11.3 Å². The number of anilines is 1. The van der Waals surface area contributed by atoms with Crippen LogP contribution in [0.1, 0.15) is 16.2 Å². The number of thiazole rings is 1. The maximum Gasteiger partial charge on any atom is 0.273 e. The number of hydrogen-bond donors (Lipinski definition) is 2. The average Bonchev–Trinajstić information content (AvgIpc) is 3.06. The van der Waals surface area contributed by atoms with Crippen LogP contribution in [-0.2, 0) is 6.42 Å². The third kappa shape index (κ3) is 3.01. The number of β-amino-alcohol motifs (C(OH)–C–C–N with tert-alkyl or cyclic N) is 1. The summed E-state index contributed by atoms with van der Waals surface area (Å²) in [5.41, 5.74) is 6.70. The number of nitrogens with two attached hydrogens (primary N) is 1. The van der Waals surface area contributed by atoms with Gasteiger partial charge < -0.3 is 15.7 Å². The zero-order valence-electron chi connectivity index (χ0n) is 11.2. The Kier molecular flexibility index (Phi) is 3.80. The molecular weight excluding hydrogens is 290 g/mol. The molecule has 2 aromatic rings. The van der Waals surface area contributed by atoms with E-state index in [9.17, 15) is 9.90 Å². The summed E-state index contributed by atoms with van der Waals surface area (Å²) < 4.78 is 0. The van der Waals surface area contributed by atoms with Gasteiger partial charge in [-0.3, -0.25) is 14.8 Å². The van der Waals surface area contributed by atoms with Crippen LogP contribution in [0.2, 0.25) is 0 Å². The van der Waals surface area contributed by atoms with Crippen molar-refractivity contribution in [3.8, 4) is 0 Å². The van der Waals surface area contributed by atoms with E-state index < -0.39 is 6.10 Å². The van der Waals surface area contributed by atoms with Gasteiger partial charge in [-0.1, -0.05) is 0 Å². The van der Waals surface area contributed by atoms with Crippen LogP contribution in [-0.4, -0.2) is 50.1 Å². The number of amides is 1. The molecule has 1 aliphatic heterocycles. The molecule has 0 saturated carbocycles. The quantitative estimate of drug-likeness (QED) is 0.838. The normalized spacial score (nSPS) is 21.7. The highest BCUT2D eigenvalue weighted by atomic mass is 32.1. The van der Waals surface area contributed by atoms with Gasteiger partial charge in [0.25, 0.3) is 5.91 Å². The van der Waals surface area contributed by atoms with E-state index in [1.165, 1.54) is 11.3 Å². The number of aliphatic hydroxyl groups excluding tert-OH is 1. The molecule has 1 fully saturated rings. The lowest BCUT2D eigenvalue weighted by atomic mass is 10.0. The Morgan fingerprint density at radius 3 is 3.00 bits per heavy atom. The standard InChI is InChI=1S/C13H15N5O2S/c14-13-17-10(7-21-13)12(20)18-5-8(11(19)6-18)3-9-4-15-1-2-16-9/h1-2,4,7-8,11,19H,3,5-6H2,(H2,14,17)/t8-,11-/m1/s1. The molecule has 0 aromatic carbocycles. The van der Waals surface area contributed by atoms with Gasteiger partial charge in [-0.15, -0.1) is 11.3 Å². The van der Waals surface area contributed by atoms with E-state index in [2.05, 4.69) is 15.0 Å². The van der Waals surface area contributed by atoms with Crippen molar-refractivity contribution in [3.63, 3.8) is 0 Å². The lowest BCUT2D eigenvalue weighted by Crippen LogP contribution is -2.29. The fraction of sp³-hybridized carbons (Fsp3) is 0.385. The minimum absolute atomic E-state index is 0.0402. The predicted octanol–water partition coefficient (Wildman–Crippen LogP) is 0.191. The molecule has 3 N–H and O–H groups in total. The number of likely N-dealkylation sites (tertiary alicyclic amines) is 1. The smallest absolute Gasteiger partial charge is 0.273 e. The van der Waals surface area contributed by atoms with Crippen LogP contribution in [0.25, 0.3) is 0 Å². The summed E-state index contributed by atoms with van der Waals surface area (Å²) in [6.07, 6.45) is 4.94. The van der Waals surface area contributed by atoms with Crippen LogP contribution in [0, 0.1) is 5.92 Å². The van der Waals surface area contributed by atoms with Gasteiger partial charge in [-0.2, -0.15) is 0 Å². The molecule has 1 saturated heterocycles. The second-order valence-corrected chi connectivity index (χ2v) is 5.90. The van der Waals surface area contributed by atoms with Crippen LogP contribution in [0.4, 0.5) is 5.13 Å². The maximum absolute atomic E-state index is 12.3. The lowest BCUT2D eigenvalue weighted by molar-refractivity contribution is 0.0760. The highest BCUT2D eigenvalue weighted by Crippen LogP contribution is 2.23. The van der Waals surface area contributed by atoms with Crippen molar-refractivity contribution in [1.29, 1.82) is 0 Å². The summed E-state index contributed by atoms with van der Waals surface area (Å²) in [5.74, 6) is -0.231. The first-order valence-electron chi connectivity index (χ1n) is 6.56. The van der Waals surface area contributed by atoms with Gasteiger partial charge in [0.05, 0.1) is 11.8 Å². The lowest BCUT2D eigenvalue weighted by Gasteiger charge is -2.14. The van der Waals surface area contributed by atoms with Crippen LogP contribution in [0.5, 0.6) is 0 Å². The summed E-state index contributed by atoms with van der Waals surface area (Å²) >= 11 is 1.23. The molecule has 0 aliphatic carbocycles. The topological polar surface area (TPSA) is 105 Å². The van der Waals surface area contributed by atoms with Gasteiger partial charge in [-0.25, -0.2) is 4.98 Å². The Balaban J connectivity index is 1.67. The zero-order valence-corrected chi connectivity index (χ0v) is 12.0. The number of carbonyl (C=O) groups excluding carboxylic acids is 1. The number of rotatable bonds is 3. The van der Waals surface area contributed by atoms with E-state index in [4.69, 9.17) is 5.73 Å². The molecule has 0 bridgehead atoms. The van der Waals surface area contributed by atoms with Crippen molar-refractivity contribution in [2.45, 2.75) is 12.5 Å². The Morgan fingerprint density at radius 1 is 1.48 bits per heavy atom. The monoisotopic (exact) mass is 305 g/mol. The van der Waals surface area contributed by atoms with Crippen molar-refractivity contribution in [2.75, 3.05) is 18.8 Å². The van der Waals surface area contributed by atoms with Gasteiger partial charge >= 0.3 is 0 Å². The van der Waals surface area contributed by atoms with Gasteiger partial charge in [0.2, 0.25) is 0 Å². The van der Waals surface area contributed by atoms with Crippen LogP contribution in [0.3, 0.4) is 0 Å². The fourth-order valence-electron chi connectivity index (χ4n) is 2.47. The molecule has 21 heavy (non-hydrogen) atoms. The molecule has 2 atom stereocenters. The Bertz CT molecular complexity index is 633. The molecule has 3 rings (SSSR count). The third-order valence-electron chi connectivity index (χ3n) is 3.52. The number of aliphatic hydroxyl groups is 1. The highest BCUT2D eigenvalue weighted by molar-refractivity contribution is 7.13. The number of aromatic nitrogens is 3. The fourth-order valence-corrected chi connectivity index (χ4v) is 3.01. The van der Waals surface area contributed by atoms with Crippen molar-refractivity contribution >= 4 is 22.4 Å². The van der Waals surface area contributed by atoms with E-state index in [-0.39, 0.29) is 11.8 Å². The van der Waals surface area contributed by atoms with Gasteiger partial charge in [0.15, 0.2) is 5.13 Å². The maximum atomic E-state index is 12.3. The molecule has 0 unspecified atom stereocenters. The van der Waals surface area contributed by atoms with E-state index in [1.807, 2.05) is 0 Å². The summed E-state index contributed by atoms with van der Waals surface area (Å²) in [6.45, 7) is 0.787. The molecule has 0 radical (unpaired) electrons. The predicted molar refractivity (Wildman–Crippen MR) is 77.7 cm³/mol. The van der Waals surface area contributed by atoms with E-state index in [0.29, 0.717) is 30.3 Å². The summed E-state index contributed by atoms with van der Waals surface area (Å²) in [4.78, 5) is 26.1. The number of hydrogen-bond acceptors (Lipinski definition) is 7. The first-order valence-corrected chi connectivity index (χ1v) is 7.44. The van der Waals surface area contributed by atoms with Gasteiger partial charge in [0.1, 0.15) is 5.69 Å². The largest absolute Gasteiger partial charge is 0.391 e. The molecule has 110 valence electrons. The van der Waals surface area contributed by atoms with Crippen molar-refractivity contribution in [2.24, 2.45) is 5.92 Å². The van der Waals surface area contributed by atoms with Crippen LogP contribution < -0.4 is 5.73 Å². The first-order chi connectivity index (χ1) is 10.1.